The van der Waals surface area contributed by atoms with Crippen molar-refractivity contribution < 1.29 is 38.6 Å². The third kappa shape index (κ3) is 6.74. The second kappa shape index (κ2) is 11.9. The van der Waals surface area contributed by atoms with Crippen LogP contribution in [0, 0.1) is 5.92 Å². The maximum Gasteiger partial charge on any atom is 0.547 e. The number of nitrogens with one attached hydrogen (secondary N) is 1. The summed E-state index contributed by atoms with van der Waals surface area (Å²) in [4.78, 5) is 39.2. The molecular formula is C24H33BN2O8. The first kappa shape index (κ1) is 25.5. The van der Waals surface area contributed by atoms with Crippen molar-refractivity contribution in [3.05, 3.63) is 29.3 Å². The molecule has 1 amide bonds. The fourth-order valence-electron chi connectivity index (χ4n) is 4.92. The SMILES string of the molecule is O=C(CN1CCC(O)CC1)N[C@H]1Cc2cccc(C(=O)OCOC(=O)C3CCCCC3)c2OB1O. The lowest BCUT2D eigenvalue weighted by atomic mass is 9.72. The van der Waals surface area contributed by atoms with Gasteiger partial charge in [-0.2, -0.15) is 0 Å². The van der Waals surface area contributed by atoms with E-state index in [0.717, 1.165) is 32.1 Å². The molecule has 2 fully saturated rings. The van der Waals surface area contributed by atoms with Crippen LogP contribution in [-0.2, 0) is 25.5 Å². The van der Waals surface area contributed by atoms with E-state index in [1.54, 1.807) is 12.1 Å². The van der Waals surface area contributed by atoms with E-state index < -0.39 is 25.8 Å². The first-order chi connectivity index (χ1) is 16.9. The predicted octanol–water partition coefficient (Wildman–Crippen LogP) is 0.821. The third-order valence-corrected chi connectivity index (χ3v) is 6.94. The number of fused-ring (bicyclic) bond motifs is 1. The molecule has 10 nitrogen and oxygen atoms in total. The number of rotatable bonds is 7. The number of para-hydroxylation sites is 1. The van der Waals surface area contributed by atoms with Crippen molar-refractivity contribution in [2.24, 2.45) is 5.92 Å². The van der Waals surface area contributed by atoms with E-state index in [9.17, 15) is 24.5 Å². The Morgan fingerprint density at radius 2 is 1.83 bits per heavy atom. The summed E-state index contributed by atoms with van der Waals surface area (Å²) in [6.45, 7) is 0.979. The number of likely N-dealkylation sites (tertiary alicyclic amines) is 1. The van der Waals surface area contributed by atoms with Gasteiger partial charge in [0.15, 0.2) is 0 Å². The average Bonchev–Trinajstić information content (AvgIpc) is 2.86. The molecule has 2 aliphatic heterocycles. The molecule has 11 heteroatoms. The van der Waals surface area contributed by atoms with Gasteiger partial charge < -0.3 is 29.6 Å². The van der Waals surface area contributed by atoms with Gasteiger partial charge in [-0.3, -0.25) is 14.5 Å². The molecule has 0 unspecified atom stereocenters. The molecule has 0 spiro atoms. The van der Waals surface area contributed by atoms with Crippen LogP contribution in [0.15, 0.2) is 18.2 Å². The second-order valence-electron chi connectivity index (χ2n) is 9.54. The van der Waals surface area contributed by atoms with Crippen LogP contribution in [0.5, 0.6) is 5.75 Å². The number of amides is 1. The largest absolute Gasteiger partial charge is 0.547 e. The summed E-state index contributed by atoms with van der Waals surface area (Å²) >= 11 is 0. The Bertz CT molecular complexity index is 915. The number of ether oxygens (including phenoxy) is 2. The van der Waals surface area contributed by atoms with Gasteiger partial charge in [-0.05, 0) is 43.7 Å². The lowest BCUT2D eigenvalue weighted by molar-refractivity contribution is -0.158. The van der Waals surface area contributed by atoms with Crippen molar-refractivity contribution in [1.82, 2.24) is 10.2 Å². The molecular weight excluding hydrogens is 455 g/mol. The molecule has 1 saturated carbocycles. The van der Waals surface area contributed by atoms with E-state index >= 15 is 0 Å². The highest BCUT2D eigenvalue weighted by atomic mass is 16.7. The Labute approximate surface area is 205 Å². The summed E-state index contributed by atoms with van der Waals surface area (Å²) in [5.41, 5.74) is 0.766. The van der Waals surface area contributed by atoms with Crippen LogP contribution >= 0.6 is 0 Å². The topological polar surface area (TPSA) is 135 Å². The standard InChI is InChI=1S/C24H33BN2O8/c28-18-9-11-27(12-10-18)14-21(29)26-20-13-17-7-4-8-19(22(17)35-25(20)32)24(31)34-15-33-23(30)16-5-2-1-3-6-16/h4,7-8,16,18,20,28,32H,1-3,5-6,9-15H2,(H,26,29)/t20-/m0/s1. The molecule has 4 rings (SSSR count). The predicted molar refractivity (Wildman–Crippen MR) is 125 cm³/mol. The van der Waals surface area contributed by atoms with Crippen molar-refractivity contribution in [3.8, 4) is 5.75 Å². The average molecular weight is 488 g/mol. The van der Waals surface area contributed by atoms with Crippen LogP contribution in [0.25, 0.3) is 0 Å². The molecule has 1 atom stereocenters. The summed E-state index contributed by atoms with van der Waals surface area (Å²) in [5.74, 6) is -1.93. The first-order valence-electron chi connectivity index (χ1n) is 12.4. The number of hydrogen-bond acceptors (Lipinski definition) is 9. The van der Waals surface area contributed by atoms with Gasteiger partial charge >= 0.3 is 19.1 Å². The molecule has 0 radical (unpaired) electrons. The van der Waals surface area contributed by atoms with E-state index in [1.165, 1.54) is 6.07 Å². The molecule has 2 heterocycles. The summed E-state index contributed by atoms with van der Waals surface area (Å²) in [6, 6.07) is 4.94. The molecule has 0 bridgehead atoms. The summed E-state index contributed by atoms with van der Waals surface area (Å²) in [5, 5.41) is 22.9. The van der Waals surface area contributed by atoms with Crippen LogP contribution in [-0.4, -0.2) is 78.5 Å². The van der Waals surface area contributed by atoms with Crippen LogP contribution in [0.2, 0.25) is 0 Å². The molecule has 1 aliphatic carbocycles. The van der Waals surface area contributed by atoms with Gasteiger partial charge in [0, 0.05) is 13.1 Å². The number of aliphatic hydroxyl groups excluding tert-OH is 1. The Hall–Kier alpha value is -2.63. The zero-order chi connectivity index (χ0) is 24.8. The minimum absolute atomic E-state index is 0.118. The van der Waals surface area contributed by atoms with Crippen molar-refractivity contribution >= 4 is 25.0 Å². The van der Waals surface area contributed by atoms with Gasteiger partial charge in [0.2, 0.25) is 12.7 Å². The van der Waals surface area contributed by atoms with Gasteiger partial charge in [-0.25, -0.2) is 4.79 Å². The number of nitrogens with zero attached hydrogens (tertiary/aromatic N) is 1. The highest BCUT2D eigenvalue weighted by Gasteiger charge is 2.38. The quantitative estimate of drug-likeness (QED) is 0.290. The summed E-state index contributed by atoms with van der Waals surface area (Å²) < 4.78 is 15.9. The molecule has 35 heavy (non-hydrogen) atoms. The number of benzene rings is 1. The Balaban J connectivity index is 1.29. The molecule has 1 saturated heterocycles. The molecule has 1 aromatic carbocycles. The number of hydrogen-bond donors (Lipinski definition) is 3. The molecule has 190 valence electrons. The normalized spacial score (nSPS) is 21.5. The Morgan fingerprint density at radius 3 is 2.57 bits per heavy atom. The maximum absolute atomic E-state index is 12.6. The highest BCUT2D eigenvalue weighted by Crippen LogP contribution is 2.31. The zero-order valence-corrected chi connectivity index (χ0v) is 19.8. The maximum atomic E-state index is 12.6. The molecule has 3 aliphatic rings. The van der Waals surface area contributed by atoms with E-state index in [0.29, 0.717) is 31.5 Å². The molecule has 1 aromatic rings. The van der Waals surface area contributed by atoms with E-state index in [4.69, 9.17) is 14.1 Å². The second-order valence-corrected chi connectivity index (χ2v) is 9.54. The van der Waals surface area contributed by atoms with Gasteiger partial charge in [-0.15, -0.1) is 0 Å². The zero-order valence-electron chi connectivity index (χ0n) is 19.8. The van der Waals surface area contributed by atoms with Crippen LogP contribution in [0.3, 0.4) is 0 Å². The smallest absolute Gasteiger partial charge is 0.534 e. The summed E-state index contributed by atoms with van der Waals surface area (Å²) in [6.07, 6.45) is 5.94. The highest BCUT2D eigenvalue weighted by molar-refractivity contribution is 6.47. The van der Waals surface area contributed by atoms with Gasteiger partial charge in [0.1, 0.15) is 11.3 Å². The number of aliphatic hydroxyl groups is 1. The van der Waals surface area contributed by atoms with Crippen molar-refractivity contribution in [1.29, 1.82) is 0 Å². The van der Waals surface area contributed by atoms with E-state index in [-0.39, 0.29) is 48.2 Å². The Morgan fingerprint density at radius 1 is 1.09 bits per heavy atom. The molecule has 3 N–H and O–H groups in total. The first-order valence-corrected chi connectivity index (χ1v) is 12.4. The fraction of sp³-hybridized carbons (Fsp3) is 0.625. The number of esters is 2. The van der Waals surface area contributed by atoms with Gasteiger partial charge in [0.05, 0.1) is 24.5 Å². The van der Waals surface area contributed by atoms with Gasteiger partial charge in [-0.1, -0.05) is 31.4 Å². The summed E-state index contributed by atoms with van der Waals surface area (Å²) in [7, 11) is -1.34. The monoisotopic (exact) mass is 488 g/mol. The minimum atomic E-state index is -1.34. The minimum Gasteiger partial charge on any atom is -0.534 e. The van der Waals surface area contributed by atoms with Crippen LogP contribution in [0.4, 0.5) is 0 Å². The van der Waals surface area contributed by atoms with Crippen molar-refractivity contribution in [2.45, 2.75) is 63.4 Å². The molecule has 0 aromatic heterocycles. The van der Waals surface area contributed by atoms with Crippen molar-refractivity contribution in [3.63, 3.8) is 0 Å². The van der Waals surface area contributed by atoms with Crippen LogP contribution < -0.4 is 9.97 Å². The number of carbonyl (C=O) groups is 3. The van der Waals surface area contributed by atoms with E-state index in [2.05, 4.69) is 5.32 Å². The van der Waals surface area contributed by atoms with Crippen LogP contribution in [0.1, 0.15) is 60.9 Å². The third-order valence-electron chi connectivity index (χ3n) is 6.94. The number of carbonyl (C=O) groups excluding carboxylic acids is 3. The number of piperidine rings is 1. The van der Waals surface area contributed by atoms with Gasteiger partial charge in [0.25, 0.3) is 0 Å². The lowest BCUT2D eigenvalue weighted by Crippen LogP contribution is -2.55. The lowest BCUT2D eigenvalue weighted by Gasteiger charge is -2.31. The van der Waals surface area contributed by atoms with E-state index in [1.807, 2.05) is 4.90 Å². The van der Waals surface area contributed by atoms with Crippen molar-refractivity contribution in [2.75, 3.05) is 26.4 Å². The Kier molecular flexibility index (Phi) is 8.64. The fourth-order valence-corrected chi connectivity index (χ4v) is 4.92.